The second kappa shape index (κ2) is 6.10. The predicted octanol–water partition coefficient (Wildman–Crippen LogP) is 3.05. The van der Waals surface area contributed by atoms with Gasteiger partial charge in [-0.25, -0.2) is 0 Å². The molecular weight excluding hydrogens is 278 g/mol. The van der Waals surface area contributed by atoms with Gasteiger partial charge in [-0.15, -0.1) is 0 Å². The summed E-state index contributed by atoms with van der Waals surface area (Å²) < 4.78 is 10.9. The number of methoxy groups -OCH3 is 1. The van der Waals surface area contributed by atoms with Gasteiger partial charge in [-0.05, 0) is 49.2 Å². The number of para-hydroxylation sites is 1. The average Bonchev–Trinajstić information content (AvgIpc) is 2.99. The van der Waals surface area contributed by atoms with Gasteiger partial charge >= 0.3 is 0 Å². The largest absolute Gasteiger partial charge is 0.497 e. The Morgan fingerprint density at radius 1 is 1.09 bits per heavy atom. The number of hydrogen-bond acceptors (Lipinski definition) is 3. The second-order valence-electron chi connectivity index (χ2n) is 5.30. The van der Waals surface area contributed by atoms with Crippen molar-refractivity contribution in [1.29, 1.82) is 0 Å². The standard InChI is InChI=1S/C18H19NO3/c1-13(22-16-9-7-15(21-2)8-10-16)18(20)19-12-11-14-5-3-4-6-17(14)19/h3-10,13H,11-12H2,1-2H3/t13-/m0/s1. The van der Waals surface area contributed by atoms with Crippen LogP contribution >= 0.6 is 0 Å². The van der Waals surface area contributed by atoms with Crippen LogP contribution in [0.4, 0.5) is 5.69 Å². The van der Waals surface area contributed by atoms with E-state index in [1.807, 2.05) is 35.2 Å². The third-order valence-corrected chi connectivity index (χ3v) is 3.87. The summed E-state index contributed by atoms with van der Waals surface area (Å²) in [5.41, 5.74) is 2.21. The van der Waals surface area contributed by atoms with Crippen LogP contribution in [0.3, 0.4) is 0 Å². The van der Waals surface area contributed by atoms with Crippen molar-refractivity contribution in [3.05, 3.63) is 54.1 Å². The first-order chi connectivity index (χ1) is 10.7. The Labute approximate surface area is 130 Å². The highest BCUT2D eigenvalue weighted by atomic mass is 16.5. The fourth-order valence-electron chi connectivity index (χ4n) is 2.70. The zero-order chi connectivity index (χ0) is 15.5. The molecule has 0 spiro atoms. The van der Waals surface area contributed by atoms with Crippen molar-refractivity contribution in [2.24, 2.45) is 0 Å². The van der Waals surface area contributed by atoms with Crippen molar-refractivity contribution < 1.29 is 14.3 Å². The highest BCUT2D eigenvalue weighted by molar-refractivity contribution is 5.98. The minimum atomic E-state index is -0.528. The molecule has 0 unspecified atom stereocenters. The molecule has 1 amide bonds. The minimum absolute atomic E-state index is 0.0132. The van der Waals surface area contributed by atoms with Gasteiger partial charge in [0.25, 0.3) is 5.91 Å². The fourth-order valence-corrected chi connectivity index (χ4v) is 2.70. The van der Waals surface area contributed by atoms with Gasteiger partial charge in [0.15, 0.2) is 6.10 Å². The number of rotatable bonds is 4. The van der Waals surface area contributed by atoms with Gasteiger partial charge in [0, 0.05) is 12.2 Å². The van der Waals surface area contributed by atoms with Gasteiger partial charge in [-0.1, -0.05) is 18.2 Å². The first-order valence-electron chi connectivity index (χ1n) is 7.39. The van der Waals surface area contributed by atoms with Crippen LogP contribution < -0.4 is 14.4 Å². The maximum Gasteiger partial charge on any atom is 0.267 e. The second-order valence-corrected chi connectivity index (χ2v) is 5.30. The molecule has 1 atom stereocenters. The lowest BCUT2D eigenvalue weighted by molar-refractivity contribution is -0.124. The van der Waals surface area contributed by atoms with Crippen molar-refractivity contribution in [2.45, 2.75) is 19.4 Å². The van der Waals surface area contributed by atoms with Crippen LogP contribution in [0.1, 0.15) is 12.5 Å². The highest BCUT2D eigenvalue weighted by Gasteiger charge is 2.28. The zero-order valence-electron chi connectivity index (χ0n) is 12.8. The SMILES string of the molecule is COc1ccc(O[C@@H](C)C(=O)N2CCc3ccccc32)cc1. The number of benzene rings is 2. The number of carbonyl (C=O) groups excluding carboxylic acids is 1. The summed E-state index contributed by atoms with van der Waals surface area (Å²) in [6, 6.07) is 15.3. The van der Waals surface area contributed by atoms with Crippen molar-refractivity contribution >= 4 is 11.6 Å². The molecule has 1 aliphatic rings. The Bertz CT molecular complexity index is 666. The molecule has 3 rings (SSSR count). The Morgan fingerprint density at radius 2 is 1.77 bits per heavy atom. The van der Waals surface area contributed by atoms with Crippen molar-refractivity contribution in [3.63, 3.8) is 0 Å². The molecule has 0 saturated heterocycles. The van der Waals surface area contributed by atoms with Gasteiger partial charge in [-0.2, -0.15) is 0 Å². The first-order valence-corrected chi connectivity index (χ1v) is 7.39. The summed E-state index contributed by atoms with van der Waals surface area (Å²) in [4.78, 5) is 14.4. The molecule has 0 saturated carbocycles. The molecule has 0 fully saturated rings. The smallest absolute Gasteiger partial charge is 0.267 e. The van der Waals surface area contributed by atoms with Crippen LogP contribution in [0.25, 0.3) is 0 Å². The minimum Gasteiger partial charge on any atom is -0.497 e. The van der Waals surface area contributed by atoms with Crippen LogP contribution in [0.15, 0.2) is 48.5 Å². The Hall–Kier alpha value is -2.49. The van der Waals surface area contributed by atoms with Crippen LogP contribution in [0.2, 0.25) is 0 Å². The van der Waals surface area contributed by atoms with Crippen LogP contribution in [0, 0.1) is 0 Å². The molecule has 22 heavy (non-hydrogen) atoms. The van der Waals surface area contributed by atoms with Crippen LogP contribution in [-0.4, -0.2) is 25.7 Å². The van der Waals surface area contributed by atoms with Gasteiger partial charge < -0.3 is 14.4 Å². The predicted molar refractivity (Wildman–Crippen MR) is 85.6 cm³/mol. The quantitative estimate of drug-likeness (QED) is 0.870. The highest BCUT2D eigenvalue weighted by Crippen LogP contribution is 2.28. The van der Waals surface area contributed by atoms with E-state index in [1.54, 1.807) is 26.2 Å². The summed E-state index contributed by atoms with van der Waals surface area (Å²) in [7, 11) is 1.62. The van der Waals surface area contributed by atoms with Gasteiger partial charge in [0.1, 0.15) is 11.5 Å². The molecule has 0 radical (unpaired) electrons. The maximum atomic E-state index is 12.6. The maximum absolute atomic E-state index is 12.6. The molecular formula is C18H19NO3. The lowest BCUT2D eigenvalue weighted by Crippen LogP contribution is -2.39. The molecule has 0 aromatic heterocycles. The Morgan fingerprint density at radius 3 is 2.50 bits per heavy atom. The molecule has 0 N–H and O–H groups in total. The summed E-state index contributed by atoms with van der Waals surface area (Å²) in [5, 5.41) is 0. The lowest BCUT2D eigenvalue weighted by Gasteiger charge is -2.22. The number of nitrogens with zero attached hydrogens (tertiary/aromatic N) is 1. The van der Waals surface area contributed by atoms with Crippen molar-refractivity contribution in [2.75, 3.05) is 18.6 Å². The molecule has 114 valence electrons. The van der Waals surface area contributed by atoms with Gasteiger partial charge in [-0.3, -0.25) is 4.79 Å². The number of ether oxygens (including phenoxy) is 2. The summed E-state index contributed by atoms with van der Waals surface area (Å²) in [6.07, 6.45) is 0.372. The lowest BCUT2D eigenvalue weighted by atomic mass is 10.2. The summed E-state index contributed by atoms with van der Waals surface area (Å²) in [6.45, 7) is 2.50. The Balaban J connectivity index is 1.70. The third kappa shape index (κ3) is 2.77. The molecule has 1 aliphatic heterocycles. The van der Waals surface area contributed by atoms with Gasteiger partial charge in [0.2, 0.25) is 0 Å². The summed E-state index contributed by atoms with van der Waals surface area (Å²) >= 11 is 0. The number of carbonyl (C=O) groups is 1. The number of amides is 1. The van der Waals surface area contributed by atoms with E-state index >= 15 is 0 Å². The topological polar surface area (TPSA) is 38.8 Å². The fraction of sp³-hybridized carbons (Fsp3) is 0.278. The molecule has 4 heteroatoms. The van der Waals surface area contributed by atoms with E-state index in [1.165, 1.54) is 5.56 Å². The van der Waals surface area contributed by atoms with E-state index in [9.17, 15) is 4.79 Å². The molecule has 0 aliphatic carbocycles. The van der Waals surface area contributed by atoms with E-state index in [2.05, 4.69) is 6.07 Å². The molecule has 0 bridgehead atoms. The third-order valence-electron chi connectivity index (χ3n) is 3.87. The number of anilines is 1. The average molecular weight is 297 g/mol. The molecule has 4 nitrogen and oxygen atoms in total. The van der Waals surface area contributed by atoms with E-state index in [4.69, 9.17) is 9.47 Å². The zero-order valence-corrected chi connectivity index (χ0v) is 12.8. The molecule has 2 aromatic carbocycles. The Kier molecular flexibility index (Phi) is 4.00. The van der Waals surface area contributed by atoms with Crippen molar-refractivity contribution in [1.82, 2.24) is 0 Å². The van der Waals surface area contributed by atoms with Gasteiger partial charge in [0.05, 0.1) is 7.11 Å². The van der Waals surface area contributed by atoms with Crippen molar-refractivity contribution in [3.8, 4) is 11.5 Å². The first kappa shape index (κ1) is 14.4. The van der Waals surface area contributed by atoms with E-state index in [-0.39, 0.29) is 5.91 Å². The monoisotopic (exact) mass is 297 g/mol. The normalized spacial score (nSPS) is 14.4. The van der Waals surface area contributed by atoms with E-state index in [0.717, 1.165) is 17.9 Å². The van der Waals surface area contributed by atoms with Crippen LogP contribution in [0.5, 0.6) is 11.5 Å². The molecule has 2 aromatic rings. The number of hydrogen-bond donors (Lipinski definition) is 0. The molecule has 1 heterocycles. The number of fused-ring (bicyclic) bond motifs is 1. The van der Waals surface area contributed by atoms with Crippen LogP contribution in [-0.2, 0) is 11.2 Å². The van der Waals surface area contributed by atoms with E-state index in [0.29, 0.717) is 12.3 Å². The van der Waals surface area contributed by atoms with E-state index < -0.39 is 6.10 Å². The summed E-state index contributed by atoms with van der Waals surface area (Å²) in [5.74, 6) is 1.41.